The monoisotopic (exact) mass is 394 g/mol. The van der Waals surface area contributed by atoms with Crippen molar-refractivity contribution in [3.8, 4) is 0 Å². The number of carbonyl (C=O) groups excluding carboxylic acids is 1. The molecule has 0 unspecified atom stereocenters. The van der Waals surface area contributed by atoms with Crippen molar-refractivity contribution in [1.82, 2.24) is 9.88 Å². The number of carbonyl (C=O) groups is 1. The van der Waals surface area contributed by atoms with Crippen molar-refractivity contribution in [3.63, 3.8) is 0 Å². The van der Waals surface area contributed by atoms with Crippen LogP contribution in [0.2, 0.25) is 5.02 Å². The van der Waals surface area contributed by atoms with Crippen molar-refractivity contribution in [2.45, 2.75) is 13.1 Å². The molecule has 0 aliphatic heterocycles. The summed E-state index contributed by atoms with van der Waals surface area (Å²) < 4.78 is 19.0. The minimum atomic E-state index is -0.387. The number of nitrogens with zero attached hydrogens (tertiary/aromatic N) is 2. The van der Waals surface area contributed by atoms with Crippen molar-refractivity contribution >= 4 is 28.6 Å². The van der Waals surface area contributed by atoms with Crippen molar-refractivity contribution < 1.29 is 13.6 Å². The number of benzene rings is 3. The van der Waals surface area contributed by atoms with E-state index in [-0.39, 0.29) is 18.3 Å². The van der Waals surface area contributed by atoms with Gasteiger partial charge in [0.2, 0.25) is 5.89 Å². The van der Waals surface area contributed by atoms with Crippen LogP contribution in [0.5, 0.6) is 0 Å². The van der Waals surface area contributed by atoms with Gasteiger partial charge in [0.1, 0.15) is 11.3 Å². The lowest BCUT2D eigenvalue weighted by molar-refractivity contribution is 0.0715. The lowest BCUT2D eigenvalue weighted by atomic mass is 10.1. The molecule has 1 amide bonds. The number of hydrogen-bond acceptors (Lipinski definition) is 3. The average molecular weight is 395 g/mol. The van der Waals surface area contributed by atoms with Crippen molar-refractivity contribution in [3.05, 3.63) is 101 Å². The maximum Gasteiger partial charge on any atom is 0.254 e. The number of hydrogen-bond donors (Lipinski definition) is 0. The van der Waals surface area contributed by atoms with E-state index in [1.165, 1.54) is 24.3 Å². The lowest BCUT2D eigenvalue weighted by Gasteiger charge is -2.21. The molecule has 0 aliphatic carbocycles. The van der Waals surface area contributed by atoms with Gasteiger partial charge in [0.25, 0.3) is 5.91 Å². The van der Waals surface area contributed by atoms with Crippen LogP contribution in [0.25, 0.3) is 11.1 Å². The van der Waals surface area contributed by atoms with Crippen LogP contribution >= 0.6 is 11.6 Å². The first-order valence-electron chi connectivity index (χ1n) is 8.72. The third-order valence-electron chi connectivity index (χ3n) is 4.31. The van der Waals surface area contributed by atoms with E-state index in [0.717, 1.165) is 5.56 Å². The summed E-state index contributed by atoms with van der Waals surface area (Å²) >= 11 is 6.01. The summed E-state index contributed by atoms with van der Waals surface area (Å²) in [5, 5.41) is 0.566. The van der Waals surface area contributed by atoms with Crippen LogP contribution < -0.4 is 0 Å². The molecule has 0 saturated carbocycles. The summed E-state index contributed by atoms with van der Waals surface area (Å²) in [7, 11) is 0. The van der Waals surface area contributed by atoms with Gasteiger partial charge in [0.05, 0.1) is 6.54 Å². The van der Waals surface area contributed by atoms with E-state index in [9.17, 15) is 9.18 Å². The summed E-state index contributed by atoms with van der Waals surface area (Å²) in [5.41, 5.74) is 2.61. The molecule has 4 nitrogen and oxygen atoms in total. The molecule has 0 bridgehead atoms. The number of fused-ring (bicyclic) bond motifs is 1. The first-order valence-corrected chi connectivity index (χ1v) is 9.10. The third kappa shape index (κ3) is 4.05. The standard InChI is InChI=1S/C22H16ClFN2O2/c23-17-8-11-20-19(12-17)25-21(28-20)14-26(13-15-4-2-1-3-5-15)22(27)16-6-9-18(24)10-7-16/h1-12H,13-14H2. The first-order chi connectivity index (χ1) is 13.6. The van der Waals surface area contributed by atoms with Crippen LogP contribution in [0.1, 0.15) is 21.8 Å². The van der Waals surface area contributed by atoms with Gasteiger partial charge in [-0.25, -0.2) is 9.37 Å². The van der Waals surface area contributed by atoms with Crippen LogP contribution in [0.15, 0.2) is 77.2 Å². The molecule has 0 fully saturated rings. The summed E-state index contributed by atoms with van der Waals surface area (Å²) in [6, 6.07) is 20.3. The molecule has 0 radical (unpaired) electrons. The topological polar surface area (TPSA) is 46.3 Å². The summed E-state index contributed by atoms with van der Waals surface area (Å²) in [4.78, 5) is 19.1. The first kappa shape index (κ1) is 18.2. The highest BCUT2D eigenvalue weighted by molar-refractivity contribution is 6.31. The smallest absolute Gasteiger partial charge is 0.254 e. The van der Waals surface area contributed by atoms with Gasteiger partial charge in [-0.2, -0.15) is 0 Å². The highest BCUT2D eigenvalue weighted by atomic mass is 35.5. The number of halogens is 2. The van der Waals surface area contributed by atoms with E-state index in [1.807, 2.05) is 30.3 Å². The summed E-state index contributed by atoms with van der Waals surface area (Å²) in [6.45, 7) is 0.550. The molecule has 28 heavy (non-hydrogen) atoms. The van der Waals surface area contributed by atoms with Gasteiger partial charge in [-0.3, -0.25) is 4.79 Å². The molecule has 4 aromatic rings. The van der Waals surface area contributed by atoms with E-state index in [2.05, 4.69) is 4.98 Å². The quantitative estimate of drug-likeness (QED) is 0.451. The van der Waals surface area contributed by atoms with Gasteiger partial charge in [-0.15, -0.1) is 0 Å². The molecule has 3 aromatic carbocycles. The van der Waals surface area contributed by atoms with Crippen molar-refractivity contribution in [2.24, 2.45) is 0 Å². The van der Waals surface area contributed by atoms with Crippen molar-refractivity contribution in [2.75, 3.05) is 0 Å². The van der Waals surface area contributed by atoms with Crippen LogP contribution in [-0.2, 0) is 13.1 Å². The summed E-state index contributed by atoms with van der Waals surface area (Å²) in [5.74, 6) is -0.213. The average Bonchev–Trinajstić information content (AvgIpc) is 3.10. The maximum atomic E-state index is 13.2. The van der Waals surface area contributed by atoms with Gasteiger partial charge in [-0.1, -0.05) is 41.9 Å². The van der Waals surface area contributed by atoms with Crippen LogP contribution in [-0.4, -0.2) is 15.8 Å². The summed E-state index contributed by atoms with van der Waals surface area (Å²) in [6.07, 6.45) is 0. The van der Waals surface area contributed by atoms with Gasteiger partial charge >= 0.3 is 0 Å². The predicted octanol–water partition coefficient (Wildman–Crippen LogP) is 5.46. The van der Waals surface area contributed by atoms with Gasteiger partial charge < -0.3 is 9.32 Å². The zero-order valence-corrected chi connectivity index (χ0v) is 15.6. The molecule has 140 valence electrons. The van der Waals surface area contributed by atoms with E-state index in [4.69, 9.17) is 16.0 Å². The second kappa shape index (κ2) is 7.82. The number of rotatable bonds is 5. The molecule has 0 aliphatic rings. The second-order valence-electron chi connectivity index (χ2n) is 6.37. The zero-order chi connectivity index (χ0) is 19.5. The van der Waals surface area contributed by atoms with Crippen LogP contribution in [0.4, 0.5) is 4.39 Å². The Morgan fingerprint density at radius 1 is 1.00 bits per heavy atom. The van der Waals surface area contributed by atoms with Gasteiger partial charge in [-0.05, 0) is 48.0 Å². The Balaban J connectivity index is 1.64. The fourth-order valence-electron chi connectivity index (χ4n) is 2.96. The lowest BCUT2D eigenvalue weighted by Crippen LogP contribution is -2.30. The Morgan fingerprint density at radius 3 is 2.50 bits per heavy atom. The van der Waals surface area contributed by atoms with Gasteiger partial charge in [0, 0.05) is 17.1 Å². The predicted molar refractivity (Wildman–Crippen MR) is 105 cm³/mol. The molecule has 4 rings (SSSR count). The molecule has 0 atom stereocenters. The molecular weight excluding hydrogens is 379 g/mol. The zero-order valence-electron chi connectivity index (χ0n) is 14.8. The fourth-order valence-corrected chi connectivity index (χ4v) is 3.12. The Hall–Kier alpha value is -3.18. The minimum Gasteiger partial charge on any atom is -0.439 e. The Labute approximate surface area is 166 Å². The largest absolute Gasteiger partial charge is 0.439 e. The normalized spacial score (nSPS) is 10.9. The molecule has 0 N–H and O–H groups in total. The molecule has 1 heterocycles. The van der Waals surface area contributed by atoms with E-state index < -0.39 is 0 Å². The molecule has 1 aromatic heterocycles. The number of oxazole rings is 1. The van der Waals surface area contributed by atoms with Crippen molar-refractivity contribution in [1.29, 1.82) is 0 Å². The SMILES string of the molecule is O=C(c1ccc(F)cc1)N(Cc1ccccc1)Cc1nc2cc(Cl)ccc2o1. The Kier molecular flexibility index (Phi) is 5.08. The van der Waals surface area contributed by atoms with E-state index in [1.54, 1.807) is 23.1 Å². The molecular formula is C22H16ClFN2O2. The van der Waals surface area contributed by atoms with Gasteiger partial charge in [0.15, 0.2) is 5.58 Å². The molecule has 6 heteroatoms. The highest BCUT2D eigenvalue weighted by Gasteiger charge is 2.19. The highest BCUT2D eigenvalue weighted by Crippen LogP contribution is 2.22. The Morgan fingerprint density at radius 2 is 1.75 bits per heavy atom. The Bertz CT molecular complexity index is 1110. The van der Waals surface area contributed by atoms with E-state index in [0.29, 0.717) is 34.1 Å². The molecule has 0 saturated heterocycles. The fraction of sp³-hybridized carbons (Fsp3) is 0.0909. The van der Waals surface area contributed by atoms with E-state index >= 15 is 0 Å². The number of aromatic nitrogens is 1. The van der Waals surface area contributed by atoms with Crippen LogP contribution in [0, 0.1) is 5.82 Å². The third-order valence-corrected chi connectivity index (χ3v) is 4.55. The maximum absolute atomic E-state index is 13.2. The molecule has 0 spiro atoms. The second-order valence-corrected chi connectivity index (χ2v) is 6.81. The van der Waals surface area contributed by atoms with Crippen LogP contribution in [0.3, 0.4) is 0 Å². The minimum absolute atomic E-state index is 0.178. The number of amides is 1.